The monoisotopic (exact) mass is 289 g/mol. The molecule has 1 atom stereocenters. The van der Waals surface area contributed by atoms with Crippen molar-refractivity contribution in [2.45, 2.75) is 56.7 Å². The molecule has 2 fully saturated rings. The van der Waals surface area contributed by atoms with E-state index >= 15 is 0 Å². The third-order valence-electron chi connectivity index (χ3n) is 4.58. The maximum atomic E-state index is 6.42. The van der Waals surface area contributed by atoms with Crippen LogP contribution in [-0.2, 0) is 9.47 Å². The van der Waals surface area contributed by atoms with Crippen molar-refractivity contribution in [3.05, 3.63) is 0 Å². The van der Waals surface area contributed by atoms with Crippen molar-refractivity contribution >= 4 is 11.6 Å². The van der Waals surface area contributed by atoms with Crippen molar-refractivity contribution in [3.63, 3.8) is 0 Å². The van der Waals surface area contributed by atoms with E-state index in [0.29, 0.717) is 12.0 Å². The standard InChI is InChI=1S/C15H28ClNO2/c1-18-12-11-17(10-9-16)13-14-5-8-15(19-14)6-3-2-4-7-15/h14H,2-13H2,1H3. The van der Waals surface area contributed by atoms with Gasteiger partial charge in [0.15, 0.2) is 0 Å². The Labute approximate surface area is 122 Å². The topological polar surface area (TPSA) is 21.7 Å². The summed E-state index contributed by atoms with van der Waals surface area (Å²) in [5.74, 6) is 0.682. The predicted molar refractivity (Wildman–Crippen MR) is 79.0 cm³/mol. The molecule has 1 saturated carbocycles. The number of rotatable bonds is 7. The first kappa shape index (κ1) is 15.6. The Kier molecular flexibility index (Phi) is 6.40. The van der Waals surface area contributed by atoms with Gasteiger partial charge in [-0.05, 0) is 25.7 Å². The first-order valence-electron chi connectivity index (χ1n) is 7.73. The molecule has 3 nitrogen and oxygen atoms in total. The number of hydrogen-bond acceptors (Lipinski definition) is 3. The van der Waals surface area contributed by atoms with Crippen LogP contribution in [0.2, 0.25) is 0 Å². The van der Waals surface area contributed by atoms with Crippen molar-refractivity contribution in [2.24, 2.45) is 0 Å². The summed E-state index contributed by atoms with van der Waals surface area (Å²) in [7, 11) is 1.75. The zero-order valence-corrected chi connectivity index (χ0v) is 13.0. The fourth-order valence-electron chi connectivity index (χ4n) is 3.51. The Bertz CT molecular complexity index is 257. The summed E-state index contributed by atoms with van der Waals surface area (Å²) in [6.45, 7) is 3.67. The third-order valence-corrected chi connectivity index (χ3v) is 4.75. The van der Waals surface area contributed by atoms with Crippen LogP contribution in [0.25, 0.3) is 0 Å². The molecule has 0 radical (unpaired) electrons. The van der Waals surface area contributed by atoms with Gasteiger partial charge >= 0.3 is 0 Å². The summed E-state index contributed by atoms with van der Waals surface area (Å²) < 4.78 is 11.6. The number of halogens is 1. The molecule has 1 spiro atoms. The predicted octanol–water partition coefficient (Wildman–Crippen LogP) is 3.06. The van der Waals surface area contributed by atoms with Crippen LogP contribution >= 0.6 is 11.6 Å². The summed E-state index contributed by atoms with van der Waals surface area (Å²) >= 11 is 5.88. The molecule has 1 aliphatic carbocycles. The molecule has 19 heavy (non-hydrogen) atoms. The highest BCUT2D eigenvalue weighted by Gasteiger charge is 2.40. The van der Waals surface area contributed by atoms with Crippen molar-refractivity contribution < 1.29 is 9.47 Å². The van der Waals surface area contributed by atoms with E-state index in [1.54, 1.807) is 7.11 Å². The van der Waals surface area contributed by atoms with Gasteiger partial charge in [-0.15, -0.1) is 11.6 Å². The summed E-state index contributed by atoms with van der Waals surface area (Å²) in [5.41, 5.74) is 0.233. The number of ether oxygens (including phenoxy) is 2. The van der Waals surface area contributed by atoms with Crippen LogP contribution in [0, 0.1) is 0 Å². The second kappa shape index (κ2) is 7.82. The second-order valence-corrected chi connectivity index (χ2v) is 6.38. The van der Waals surface area contributed by atoms with E-state index in [-0.39, 0.29) is 5.60 Å². The minimum Gasteiger partial charge on any atom is -0.383 e. The van der Waals surface area contributed by atoms with E-state index in [2.05, 4.69) is 4.90 Å². The quantitative estimate of drug-likeness (QED) is 0.673. The van der Waals surface area contributed by atoms with Crippen LogP contribution in [0.1, 0.15) is 44.9 Å². The van der Waals surface area contributed by atoms with E-state index in [1.165, 1.54) is 44.9 Å². The third kappa shape index (κ3) is 4.59. The average Bonchev–Trinajstić information content (AvgIpc) is 2.80. The van der Waals surface area contributed by atoms with Gasteiger partial charge in [0.25, 0.3) is 0 Å². The molecule has 4 heteroatoms. The molecule has 0 bridgehead atoms. The van der Waals surface area contributed by atoms with E-state index in [9.17, 15) is 0 Å². The summed E-state index contributed by atoms with van der Waals surface area (Å²) in [6, 6.07) is 0. The van der Waals surface area contributed by atoms with Crippen LogP contribution in [0.15, 0.2) is 0 Å². The Morgan fingerprint density at radius 2 is 2.00 bits per heavy atom. The summed E-state index contributed by atoms with van der Waals surface area (Å²) in [5, 5.41) is 0. The van der Waals surface area contributed by atoms with Crippen LogP contribution < -0.4 is 0 Å². The molecule has 112 valence electrons. The molecule has 0 N–H and O–H groups in total. The Morgan fingerprint density at radius 3 is 2.68 bits per heavy atom. The molecule has 0 amide bonds. The average molecular weight is 290 g/mol. The van der Waals surface area contributed by atoms with Crippen molar-refractivity contribution in [1.82, 2.24) is 4.90 Å². The van der Waals surface area contributed by atoms with Crippen LogP contribution in [-0.4, -0.2) is 55.8 Å². The van der Waals surface area contributed by atoms with Gasteiger partial charge in [-0.1, -0.05) is 19.3 Å². The van der Waals surface area contributed by atoms with Gasteiger partial charge in [-0.2, -0.15) is 0 Å². The summed E-state index contributed by atoms with van der Waals surface area (Å²) in [4.78, 5) is 2.38. The van der Waals surface area contributed by atoms with E-state index in [4.69, 9.17) is 21.1 Å². The normalized spacial score (nSPS) is 26.4. The van der Waals surface area contributed by atoms with Gasteiger partial charge in [0.1, 0.15) is 0 Å². The van der Waals surface area contributed by atoms with E-state index < -0.39 is 0 Å². The van der Waals surface area contributed by atoms with Crippen LogP contribution in [0.3, 0.4) is 0 Å². The lowest BCUT2D eigenvalue weighted by Crippen LogP contribution is -2.38. The highest BCUT2D eigenvalue weighted by atomic mass is 35.5. The Hall–Kier alpha value is 0.170. The number of alkyl halides is 1. The Balaban J connectivity index is 1.78. The molecule has 1 aliphatic heterocycles. The lowest BCUT2D eigenvalue weighted by Gasteiger charge is -2.34. The van der Waals surface area contributed by atoms with Gasteiger partial charge in [0, 0.05) is 32.6 Å². The molecule has 0 aromatic heterocycles. The van der Waals surface area contributed by atoms with Crippen molar-refractivity contribution in [1.29, 1.82) is 0 Å². The lowest BCUT2D eigenvalue weighted by molar-refractivity contribution is -0.0723. The van der Waals surface area contributed by atoms with Gasteiger partial charge in [-0.3, -0.25) is 4.90 Å². The van der Waals surface area contributed by atoms with Gasteiger partial charge in [0.05, 0.1) is 18.3 Å². The number of nitrogens with zero attached hydrogens (tertiary/aromatic N) is 1. The molecular weight excluding hydrogens is 262 g/mol. The smallest absolute Gasteiger partial charge is 0.0710 e. The first-order valence-corrected chi connectivity index (χ1v) is 8.26. The molecule has 1 heterocycles. The molecule has 0 aromatic carbocycles. The van der Waals surface area contributed by atoms with Crippen molar-refractivity contribution in [2.75, 3.05) is 39.2 Å². The SMILES string of the molecule is COCCN(CCCl)CC1CCC2(CCCCC2)O1. The van der Waals surface area contributed by atoms with Crippen LogP contribution in [0.5, 0.6) is 0 Å². The van der Waals surface area contributed by atoms with Gasteiger partial charge < -0.3 is 9.47 Å². The lowest BCUT2D eigenvalue weighted by atomic mass is 9.83. The number of methoxy groups -OCH3 is 1. The molecule has 1 saturated heterocycles. The molecular formula is C15H28ClNO2. The van der Waals surface area contributed by atoms with Crippen molar-refractivity contribution in [3.8, 4) is 0 Å². The first-order chi connectivity index (χ1) is 9.28. The minimum absolute atomic E-state index is 0.233. The maximum Gasteiger partial charge on any atom is 0.0710 e. The highest BCUT2D eigenvalue weighted by molar-refractivity contribution is 6.18. The molecule has 0 aromatic rings. The largest absolute Gasteiger partial charge is 0.383 e. The van der Waals surface area contributed by atoms with Gasteiger partial charge in [-0.25, -0.2) is 0 Å². The number of hydrogen-bond donors (Lipinski definition) is 0. The Morgan fingerprint density at radius 1 is 1.21 bits per heavy atom. The van der Waals surface area contributed by atoms with E-state index in [0.717, 1.165) is 26.2 Å². The fraction of sp³-hybridized carbons (Fsp3) is 1.00. The fourth-order valence-corrected chi connectivity index (χ4v) is 3.75. The molecule has 2 aliphatic rings. The highest BCUT2D eigenvalue weighted by Crippen LogP contribution is 2.41. The zero-order chi connectivity index (χ0) is 13.6. The van der Waals surface area contributed by atoms with E-state index in [1.807, 2.05) is 0 Å². The molecule has 2 rings (SSSR count). The maximum absolute atomic E-state index is 6.42. The second-order valence-electron chi connectivity index (χ2n) is 6.00. The van der Waals surface area contributed by atoms with Gasteiger partial charge in [0.2, 0.25) is 0 Å². The zero-order valence-electron chi connectivity index (χ0n) is 12.2. The minimum atomic E-state index is 0.233. The molecule has 1 unspecified atom stereocenters. The van der Waals surface area contributed by atoms with Crippen LogP contribution in [0.4, 0.5) is 0 Å². The summed E-state index contributed by atoms with van der Waals surface area (Å²) in [6.07, 6.45) is 9.51.